The van der Waals surface area contributed by atoms with Crippen LogP contribution < -0.4 is 4.74 Å². The Balaban J connectivity index is 1.94. The molecule has 0 aliphatic heterocycles. The molecule has 2 nitrogen and oxygen atoms in total. The summed E-state index contributed by atoms with van der Waals surface area (Å²) in [6.45, 7) is 2.00. The summed E-state index contributed by atoms with van der Waals surface area (Å²) in [5.41, 5.74) is 5.75. The van der Waals surface area contributed by atoms with E-state index in [1.165, 1.54) is 24.0 Å². The van der Waals surface area contributed by atoms with Gasteiger partial charge in [0.2, 0.25) is 0 Å². The Kier molecular flexibility index (Phi) is 3.49. The van der Waals surface area contributed by atoms with Crippen molar-refractivity contribution < 1.29 is 9.84 Å². The van der Waals surface area contributed by atoms with Crippen molar-refractivity contribution >= 4 is 0 Å². The number of hydrogen-bond donors (Lipinski definition) is 1. The van der Waals surface area contributed by atoms with Crippen molar-refractivity contribution in [2.45, 2.75) is 32.3 Å². The number of fused-ring (bicyclic) bond motifs is 1. The predicted molar refractivity (Wildman–Crippen MR) is 80.3 cm³/mol. The predicted octanol–water partition coefficient (Wildman–Crippen LogP) is 3.57. The lowest BCUT2D eigenvalue weighted by molar-refractivity contribution is 0.219. The van der Waals surface area contributed by atoms with Gasteiger partial charge in [0.25, 0.3) is 0 Å². The first-order valence-corrected chi connectivity index (χ1v) is 7.13. The van der Waals surface area contributed by atoms with E-state index in [1.807, 2.05) is 31.2 Å². The van der Waals surface area contributed by atoms with Crippen LogP contribution in [0.3, 0.4) is 0 Å². The van der Waals surface area contributed by atoms with Crippen LogP contribution in [-0.4, -0.2) is 12.2 Å². The number of aliphatic hydroxyl groups is 1. The molecule has 0 spiro atoms. The van der Waals surface area contributed by atoms with Crippen LogP contribution in [0.25, 0.3) is 0 Å². The van der Waals surface area contributed by atoms with Gasteiger partial charge in [0, 0.05) is 0 Å². The molecule has 2 aromatic carbocycles. The zero-order valence-corrected chi connectivity index (χ0v) is 12.0. The van der Waals surface area contributed by atoms with Gasteiger partial charge in [0.05, 0.1) is 7.11 Å². The highest BCUT2D eigenvalue weighted by atomic mass is 16.5. The number of aryl methyl sites for hydroxylation is 3. The maximum Gasteiger partial charge on any atom is 0.122 e. The average Bonchev–Trinajstić information content (AvgIpc) is 2.94. The summed E-state index contributed by atoms with van der Waals surface area (Å²) in [6.07, 6.45) is 2.94. The maximum atomic E-state index is 10.6. The molecule has 0 fully saturated rings. The quantitative estimate of drug-likeness (QED) is 0.922. The Morgan fingerprint density at radius 3 is 2.50 bits per heavy atom. The summed E-state index contributed by atoms with van der Waals surface area (Å²) in [4.78, 5) is 0. The van der Waals surface area contributed by atoms with Crippen molar-refractivity contribution in [2.24, 2.45) is 0 Å². The smallest absolute Gasteiger partial charge is 0.122 e. The standard InChI is InChI=1S/C18H20O2/c1-12-6-7-16(11-17(12)20-2)18(19)15-9-8-13-4-3-5-14(13)10-15/h6-11,18-19H,3-5H2,1-2H3. The molecule has 3 rings (SSSR count). The van der Waals surface area contributed by atoms with Gasteiger partial charge in [-0.25, -0.2) is 0 Å². The molecule has 104 valence electrons. The van der Waals surface area contributed by atoms with Crippen LogP contribution in [0.4, 0.5) is 0 Å². The van der Waals surface area contributed by atoms with Crippen LogP contribution in [0.5, 0.6) is 5.75 Å². The Morgan fingerprint density at radius 1 is 1.00 bits per heavy atom. The molecule has 0 radical (unpaired) electrons. The van der Waals surface area contributed by atoms with E-state index >= 15 is 0 Å². The lowest BCUT2D eigenvalue weighted by Gasteiger charge is -2.15. The average molecular weight is 268 g/mol. The Morgan fingerprint density at radius 2 is 1.70 bits per heavy atom. The second-order valence-corrected chi connectivity index (χ2v) is 5.51. The first-order chi connectivity index (χ1) is 9.69. The van der Waals surface area contributed by atoms with Gasteiger partial charge in [0.15, 0.2) is 0 Å². The number of benzene rings is 2. The van der Waals surface area contributed by atoms with Gasteiger partial charge in [0.1, 0.15) is 11.9 Å². The molecule has 1 atom stereocenters. The van der Waals surface area contributed by atoms with E-state index in [1.54, 1.807) is 7.11 Å². The van der Waals surface area contributed by atoms with Gasteiger partial charge in [-0.15, -0.1) is 0 Å². The van der Waals surface area contributed by atoms with Crippen molar-refractivity contribution in [3.63, 3.8) is 0 Å². The number of rotatable bonds is 3. The third kappa shape index (κ3) is 2.32. The first kappa shape index (κ1) is 13.2. The maximum absolute atomic E-state index is 10.6. The highest BCUT2D eigenvalue weighted by Gasteiger charge is 2.16. The minimum atomic E-state index is -0.588. The van der Waals surface area contributed by atoms with Crippen molar-refractivity contribution in [2.75, 3.05) is 7.11 Å². The molecule has 0 saturated carbocycles. The molecule has 0 aromatic heterocycles. The van der Waals surface area contributed by atoms with Crippen LogP contribution >= 0.6 is 0 Å². The second-order valence-electron chi connectivity index (χ2n) is 5.51. The molecular weight excluding hydrogens is 248 g/mol. The van der Waals surface area contributed by atoms with E-state index < -0.39 is 6.10 Å². The normalized spacial score (nSPS) is 14.9. The fourth-order valence-electron chi connectivity index (χ4n) is 2.96. The van der Waals surface area contributed by atoms with Gasteiger partial charge >= 0.3 is 0 Å². The molecule has 0 heterocycles. The van der Waals surface area contributed by atoms with Gasteiger partial charge in [-0.1, -0.05) is 30.3 Å². The van der Waals surface area contributed by atoms with E-state index in [-0.39, 0.29) is 0 Å². The zero-order chi connectivity index (χ0) is 14.1. The lowest BCUT2D eigenvalue weighted by Crippen LogP contribution is -2.02. The summed E-state index contributed by atoms with van der Waals surface area (Å²) in [5.74, 6) is 0.822. The third-order valence-corrected chi connectivity index (χ3v) is 4.19. The highest BCUT2D eigenvalue weighted by Crippen LogP contribution is 2.30. The Bertz CT molecular complexity index is 620. The summed E-state index contributed by atoms with van der Waals surface area (Å²) in [6, 6.07) is 12.2. The largest absolute Gasteiger partial charge is 0.496 e. The van der Waals surface area contributed by atoms with Gasteiger partial charge in [-0.05, 0) is 60.1 Å². The van der Waals surface area contributed by atoms with Crippen molar-refractivity contribution in [3.8, 4) is 5.75 Å². The van der Waals surface area contributed by atoms with Crippen LogP contribution in [0.1, 0.15) is 40.3 Å². The molecule has 2 aromatic rings. The molecule has 0 amide bonds. The SMILES string of the molecule is COc1cc(C(O)c2ccc3c(c2)CCC3)ccc1C. The topological polar surface area (TPSA) is 29.5 Å². The molecule has 20 heavy (non-hydrogen) atoms. The van der Waals surface area contributed by atoms with E-state index in [9.17, 15) is 5.11 Å². The monoisotopic (exact) mass is 268 g/mol. The first-order valence-electron chi connectivity index (χ1n) is 7.13. The van der Waals surface area contributed by atoms with E-state index in [2.05, 4.69) is 12.1 Å². The van der Waals surface area contributed by atoms with Gasteiger partial charge in [-0.3, -0.25) is 0 Å². The van der Waals surface area contributed by atoms with Crippen molar-refractivity contribution in [1.29, 1.82) is 0 Å². The fourth-order valence-corrected chi connectivity index (χ4v) is 2.96. The second kappa shape index (κ2) is 5.29. The van der Waals surface area contributed by atoms with Gasteiger partial charge < -0.3 is 9.84 Å². The zero-order valence-electron chi connectivity index (χ0n) is 12.0. The summed E-state index contributed by atoms with van der Waals surface area (Å²) in [5, 5.41) is 10.6. The summed E-state index contributed by atoms with van der Waals surface area (Å²) in [7, 11) is 1.66. The van der Waals surface area contributed by atoms with Crippen molar-refractivity contribution in [3.05, 3.63) is 64.2 Å². The lowest BCUT2D eigenvalue weighted by atomic mass is 9.97. The van der Waals surface area contributed by atoms with E-state index in [4.69, 9.17) is 4.74 Å². The molecule has 2 heteroatoms. The van der Waals surface area contributed by atoms with Crippen LogP contribution in [0.2, 0.25) is 0 Å². The number of hydrogen-bond acceptors (Lipinski definition) is 2. The Hall–Kier alpha value is -1.80. The highest BCUT2D eigenvalue weighted by molar-refractivity contribution is 5.43. The molecule has 0 bridgehead atoms. The molecule has 1 aliphatic rings. The third-order valence-electron chi connectivity index (χ3n) is 4.19. The minimum Gasteiger partial charge on any atom is -0.496 e. The Labute approximate surface area is 120 Å². The number of ether oxygens (including phenoxy) is 1. The van der Waals surface area contributed by atoms with Crippen LogP contribution in [0, 0.1) is 6.92 Å². The number of methoxy groups -OCH3 is 1. The van der Waals surface area contributed by atoms with E-state index in [0.717, 1.165) is 28.9 Å². The molecular formula is C18H20O2. The molecule has 1 aliphatic carbocycles. The summed E-state index contributed by atoms with van der Waals surface area (Å²) < 4.78 is 5.33. The van der Waals surface area contributed by atoms with Gasteiger partial charge in [-0.2, -0.15) is 0 Å². The summed E-state index contributed by atoms with van der Waals surface area (Å²) >= 11 is 0. The van der Waals surface area contributed by atoms with Crippen LogP contribution in [0.15, 0.2) is 36.4 Å². The fraction of sp³-hybridized carbons (Fsp3) is 0.333. The van der Waals surface area contributed by atoms with Crippen LogP contribution in [-0.2, 0) is 12.8 Å². The minimum absolute atomic E-state index is 0.588. The van der Waals surface area contributed by atoms with Crippen molar-refractivity contribution in [1.82, 2.24) is 0 Å². The molecule has 0 saturated heterocycles. The molecule has 1 N–H and O–H groups in total. The molecule has 1 unspecified atom stereocenters. The van der Waals surface area contributed by atoms with E-state index in [0.29, 0.717) is 0 Å². The number of aliphatic hydroxyl groups excluding tert-OH is 1.